The first-order valence-electron chi connectivity index (χ1n) is 8.83. The third-order valence-electron chi connectivity index (χ3n) is 4.75. The molecular weight excluding hydrogens is 366 g/mol. The Labute approximate surface area is 160 Å². The van der Waals surface area contributed by atoms with Gasteiger partial charge in [-0.15, -0.1) is 0 Å². The minimum atomic E-state index is -0.653. The molecule has 6 nitrogen and oxygen atoms in total. The van der Waals surface area contributed by atoms with Gasteiger partial charge in [-0.3, -0.25) is 14.3 Å². The van der Waals surface area contributed by atoms with Gasteiger partial charge in [0, 0.05) is 49.2 Å². The van der Waals surface area contributed by atoms with Crippen molar-refractivity contribution in [2.24, 2.45) is 7.05 Å². The molecule has 3 heterocycles. The number of halogens is 2. The van der Waals surface area contributed by atoms with Crippen LogP contribution in [-0.2, 0) is 11.8 Å². The fraction of sp³-hybridized carbons (Fsp3) is 0.250. The van der Waals surface area contributed by atoms with Crippen LogP contribution in [0.5, 0.6) is 0 Å². The lowest BCUT2D eigenvalue weighted by molar-refractivity contribution is 0.0366. The van der Waals surface area contributed by atoms with Crippen LogP contribution in [0.2, 0.25) is 0 Å². The average molecular weight is 384 g/mol. The van der Waals surface area contributed by atoms with Gasteiger partial charge in [-0.05, 0) is 18.2 Å². The molecule has 0 amide bonds. The van der Waals surface area contributed by atoms with E-state index in [1.54, 1.807) is 31.6 Å². The monoisotopic (exact) mass is 384 g/mol. The molecular formula is C20H18F2N4O2. The molecule has 1 saturated heterocycles. The Hall–Kier alpha value is -3.13. The maximum atomic E-state index is 14.2. The van der Waals surface area contributed by atoms with E-state index in [0.29, 0.717) is 31.3 Å². The molecule has 1 atom stereocenters. The van der Waals surface area contributed by atoms with E-state index in [9.17, 15) is 13.6 Å². The predicted octanol–water partition coefficient (Wildman–Crippen LogP) is 2.70. The molecule has 8 heteroatoms. The van der Waals surface area contributed by atoms with E-state index >= 15 is 0 Å². The van der Waals surface area contributed by atoms with Crippen LogP contribution in [0, 0.1) is 11.6 Å². The van der Waals surface area contributed by atoms with Crippen LogP contribution in [0.3, 0.4) is 0 Å². The van der Waals surface area contributed by atoms with Crippen LogP contribution < -0.4 is 10.5 Å². The Morgan fingerprint density at radius 1 is 1.14 bits per heavy atom. The van der Waals surface area contributed by atoms with E-state index in [1.807, 2.05) is 4.90 Å². The Morgan fingerprint density at radius 3 is 2.68 bits per heavy atom. The molecule has 0 saturated carbocycles. The second kappa shape index (κ2) is 7.47. The van der Waals surface area contributed by atoms with Crippen molar-refractivity contribution in [1.29, 1.82) is 0 Å². The fourth-order valence-electron chi connectivity index (χ4n) is 3.26. The lowest BCUT2D eigenvalue weighted by Crippen LogP contribution is -2.42. The minimum absolute atomic E-state index is 0.201. The van der Waals surface area contributed by atoms with Crippen LogP contribution in [-0.4, -0.2) is 34.2 Å². The van der Waals surface area contributed by atoms with Gasteiger partial charge in [0.2, 0.25) is 5.95 Å². The maximum Gasteiger partial charge on any atom is 0.255 e. The summed E-state index contributed by atoms with van der Waals surface area (Å²) < 4.78 is 34.5. The highest BCUT2D eigenvalue weighted by molar-refractivity contribution is 5.59. The molecule has 1 unspecified atom stereocenters. The van der Waals surface area contributed by atoms with Crippen molar-refractivity contribution in [3.8, 4) is 11.3 Å². The van der Waals surface area contributed by atoms with E-state index in [0.717, 1.165) is 11.6 Å². The smallest absolute Gasteiger partial charge is 0.255 e. The summed E-state index contributed by atoms with van der Waals surface area (Å²) in [6.45, 7) is 1.12. The third kappa shape index (κ3) is 3.50. The summed E-state index contributed by atoms with van der Waals surface area (Å²) in [4.78, 5) is 23.0. The van der Waals surface area contributed by atoms with E-state index in [2.05, 4.69) is 9.97 Å². The summed E-state index contributed by atoms with van der Waals surface area (Å²) in [5.74, 6) is -0.822. The highest BCUT2D eigenvalue weighted by Crippen LogP contribution is 2.28. The molecule has 0 aliphatic carbocycles. The molecule has 2 aromatic heterocycles. The number of hydrogen-bond acceptors (Lipinski definition) is 5. The first-order chi connectivity index (χ1) is 13.5. The summed E-state index contributed by atoms with van der Waals surface area (Å²) >= 11 is 0. The van der Waals surface area contributed by atoms with Crippen LogP contribution in [0.1, 0.15) is 11.7 Å². The molecule has 1 aliphatic heterocycles. The van der Waals surface area contributed by atoms with Crippen molar-refractivity contribution in [2.75, 3.05) is 24.6 Å². The SMILES string of the molecule is Cn1c(N2CCOC(c3ccc(F)cc3F)C2)nc(-c2ccncc2)cc1=O. The molecule has 0 radical (unpaired) electrons. The largest absolute Gasteiger partial charge is 0.370 e. The lowest BCUT2D eigenvalue weighted by Gasteiger charge is -2.34. The van der Waals surface area contributed by atoms with Crippen LogP contribution in [0.15, 0.2) is 53.6 Å². The van der Waals surface area contributed by atoms with Crippen LogP contribution in [0.4, 0.5) is 14.7 Å². The third-order valence-corrected chi connectivity index (χ3v) is 4.75. The van der Waals surface area contributed by atoms with Gasteiger partial charge in [0.25, 0.3) is 5.56 Å². The van der Waals surface area contributed by atoms with Crippen molar-refractivity contribution in [3.05, 3.63) is 76.3 Å². The number of rotatable bonds is 3. The van der Waals surface area contributed by atoms with E-state index < -0.39 is 17.7 Å². The first-order valence-corrected chi connectivity index (χ1v) is 8.83. The van der Waals surface area contributed by atoms with Gasteiger partial charge < -0.3 is 9.64 Å². The van der Waals surface area contributed by atoms with E-state index in [-0.39, 0.29) is 11.1 Å². The Balaban J connectivity index is 1.68. The van der Waals surface area contributed by atoms with E-state index in [1.165, 1.54) is 22.8 Å². The number of anilines is 1. The molecule has 1 fully saturated rings. The molecule has 1 aliphatic rings. The number of nitrogens with zero attached hydrogens (tertiary/aromatic N) is 4. The van der Waals surface area contributed by atoms with Gasteiger partial charge in [-0.2, -0.15) is 0 Å². The Morgan fingerprint density at radius 2 is 1.93 bits per heavy atom. The molecule has 4 rings (SSSR count). The van der Waals surface area contributed by atoms with Gasteiger partial charge in [-0.1, -0.05) is 6.07 Å². The minimum Gasteiger partial charge on any atom is -0.370 e. The maximum absolute atomic E-state index is 14.2. The number of hydrogen-bond donors (Lipinski definition) is 0. The van der Waals surface area contributed by atoms with Gasteiger partial charge in [0.15, 0.2) is 0 Å². The number of morpholine rings is 1. The number of benzene rings is 1. The van der Waals surface area contributed by atoms with Crippen molar-refractivity contribution in [2.45, 2.75) is 6.10 Å². The van der Waals surface area contributed by atoms with Crippen LogP contribution in [0.25, 0.3) is 11.3 Å². The molecule has 1 aromatic carbocycles. The second-order valence-corrected chi connectivity index (χ2v) is 6.55. The summed E-state index contributed by atoms with van der Waals surface area (Å²) in [6, 6.07) is 8.46. The van der Waals surface area contributed by atoms with Crippen LogP contribution >= 0.6 is 0 Å². The van der Waals surface area contributed by atoms with Crippen molar-refractivity contribution in [1.82, 2.24) is 14.5 Å². The Bertz CT molecular complexity index is 1060. The fourth-order valence-corrected chi connectivity index (χ4v) is 3.26. The summed E-state index contributed by atoms with van der Waals surface area (Å²) in [5, 5.41) is 0. The van der Waals surface area contributed by atoms with Crippen molar-refractivity contribution < 1.29 is 13.5 Å². The van der Waals surface area contributed by atoms with Gasteiger partial charge in [0.1, 0.15) is 17.7 Å². The molecule has 0 N–H and O–H groups in total. The molecule has 144 valence electrons. The second-order valence-electron chi connectivity index (χ2n) is 6.55. The summed E-state index contributed by atoms with van der Waals surface area (Å²) in [5.41, 5.74) is 1.40. The predicted molar refractivity (Wildman–Crippen MR) is 100.0 cm³/mol. The number of ether oxygens (including phenoxy) is 1. The molecule has 28 heavy (non-hydrogen) atoms. The van der Waals surface area contributed by atoms with Gasteiger partial charge in [0.05, 0.1) is 18.8 Å². The highest BCUT2D eigenvalue weighted by atomic mass is 19.1. The van der Waals surface area contributed by atoms with Crippen molar-refractivity contribution in [3.63, 3.8) is 0 Å². The normalized spacial score (nSPS) is 17.0. The molecule has 3 aromatic rings. The first kappa shape index (κ1) is 18.2. The van der Waals surface area contributed by atoms with E-state index in [4.69, 9.17) is 4.74 Å². The topological polar surface area (TPSA) is 60.2 Å². The van der Waals surface area contributed by atoms with Crippen molar-refractivity contribution >= 4 is 5.95 Å². The zero-order valence-corrected chi connectivity index (χ0v) is 15.2. The molecule has 0 bridgehead atoms. The number of aromatic nitrogens is 3. The zero-order valence-electron chi connectivity index (χ0n) is 15.2. The standard InChI is InChI=1S/C20H18F2N4O2/c1-25-19(27)11-17(13-4-6-23-7-5-13)24-20(25)26-8-9-28-18(12-26)15-3-2-14(21)10-16(15)22/h2-7,10-11,18H,8-9,12H2,1H3. The number of pyridine rings is 1. The van der Waals surface area contributed by atoms with Gasteiger partial charge >= 0.3 is 0 Å². The quantitative estimate of drug-likeness (QED) is 0.695. The Kier molecular flexibility index (Phi) is 4.87. The van der Waals surface area contributed by atoms with Gasteiger partial charge in [-0.25, -0.2) is 13.8 Å². The molecule has 0 spiro atoms. The lowest BCUT2D eigenvalue weighted by atomic mass is 10.1. The highest BCUT2D eigenvalue weighted by Gasteiger charge is 2.27. The summed E-state index contributed by atoms with van der Waals surface area (Å²) in [6.07, 6.45) is 2.68. The average Bonchev–Trinajstić information content (AvgIpc) is 2.70. The zero-order chi connectivity index (χ0) is 19.7. The summed E-state index contributed by atoms with van der Waals surface area (Å²) in [7, 11) is 1.64.